The number of rotatable bonds is 6. The van der Waals surface area contributed by atoms with Crippen molar-refractivity contribution in [1.29, 1.82) is 5.26 Å². The Morgan fingerprint density at radius 2 is 2.04 bits per heavy atom. The molecule has 0 atom stereocenters. The molecule has 1 aromatic carbocycles. The number of amides is 1. The summed E-state index contributed by atoms with van der Waals surface area (Å²) in [5, 5.41) is 16.0. The molecule has 0 aliphatic heterocycles. The van der Waals surface area contributed by atoms with Crippen molar-refractivity contribution in [2.45, 2.75) is 39.7 Å². The van der Waals surface area contributed by atoms with E-state index in [0.29, 0.717) is 12.8 Å². The minimum atomic E-state index is -0.00531. The summed E-state index contributed by atoms with van der Waals surface area (Å²) in [6, 6.07) is 9.47. The molecule has 0 aliphatic rings. The van der Waals surface area contributed by atoms with Crippen molar-refractivity contribution >= 4 is 34.2 Å². The molecule has 1 N–H and O–H groups in total. The van der Waals surface area contributed by atoms with E-state index in [1.165, 1.54) is 3.57 Å². The normalized spacial score (nSPS) is 10.3. The van der Waals surface area contributed by atoms with Gasteiger partial charge in [0.05, 0.1) is 21.8 Å². The zero-order valence-corrected chi connectivity index (χ0v) is 15.4. The number of nitrogens with one attached hydrogen (secondary N) is 1. The Bertz CT molecular complexity index is 728. The minimum absolute atomic E-state index is 0.00531. The molecule has 2 aromatic rings. The van der Waals surface area contributed by atoms with Crippen LogP contribution < -0.4 is 5.32 Å². The summed E-state index contributed by atoms with van der Waals surface area (Å²) in [6.07, 6.45) is 1.58. The van der Waals surface area contributed by atoms with Gasteiger partial charge in [-0.1, -0.05) is 12.1 Å². The van der Waals surface area contributed by atoms with Gasteiger partial charge in [-0.05, 0) is 60.6 Å². The molecule has 0 unspecified atom stereocenters. The van der Waals surface area contributed by atoms with Crippen LogP contribution in [0.2, 0.25) is 0 Å². The van der Waals surface area contributed by atoms with Gasteiger partial charge in [-0.3, -0.25) is 9.48 Å². The molecule has 6 heteroatoms. The van der Waals surface area contributed by atoms with Gasteiger partial charge in [0.25, 0.3) is 0 Å². The number of hydrogen-bond donors (Lipinski definition) is 1. The fourth-order valence-corrected chi connectivity index (χ4v) is 2.69. The lowest BCUT2D eigenvalue weighted by Gasteiger charge is -2.07. The number of nitriles is 1. The van der Waals surface area contributed by atoms with Gasteiger partial charge in [0.2, 0.25) is 5.91 Å². The number of carbonyl (C=O) groups excluding carboxylic acids is 1. The van der Waals surface area contributed by atoms with Crippen molar-refractivity contribution < 1.29 is 4.79 Å². The van der Waals surface area contributed by atoms with Gasteiger partial charge >= 0.3 is 0 Å². The second-order valence-electron chi connectivity index (χ2n) is 5.39. The molecular formula is C17H19IN4O. The van der Waals surface area contributed by atoms with E-state index in [0.717, 1.165) is 35.6 Å². The Hall–Kier alpha value is -1.88. The maximum atomic E-state index is 12.0. The molecule has 1 aromatic heterocycles. The largest absolute Gasteiger partial charge is 0.326 e. The van der Waals surface area contributed by atoms with E-state index in [1.54, 1.807) is 0 Å². The van der Waals surface area contributed by atoms with E-state index in [4.69, 9.17) is 5.26 Å². The molecule has 0 saturated carbocycles. The Balaban J connectivity index is 1.81. The lowest BCUT2D eigenvalue weighted by atomic mass is 10.1. The zero-order valence-electron chi connectivity index (χ0n) is 13.3. The van der Waals surface area contributed by atoms with Gasteiger partial charge in [0.15, 0.2) is 0 Å². The summed E-state index contributed by atoms with van der Waals surface area (Å²) in [6.45, 7) is 4.78. The molecule has 23 heavy (non-hydrogen) atoms. The number of hydrogen-bond acceptors (Lipinski definition) is 3. The van der Waals surface area contributed by atoms with Crippen LogP contribution in [-0.4, -0.2) is 15.7 Å². The van der Waals surface area contributed by atoms with E-state index in [-0.39, 0.29) is 5.91 Å². The van der Waals surface area contributed by atoms with Crippen LogP contribution in [0, 0.1) is 28.7 Å². The summed E-state index contributed by atoms with van der Waals surface area (Å²) in [7, 11) is 0. The van der Waals surface area contributed by atoms with Crippen LogP contribution in [-0.2, 0) is 17.8 Å². The van der Waals surface area contributed by atoms with Crippen molar-refractivity contribution in [2.24, 2.45) is 0 Å². The van der Waals surface area contributed by atoms with E-state index >= 15 is 0 Å². The van der Waals surface area contributed by atoms with Gasteiger partial charge < -0.3 is 5.32 Å². The van der Waals surface area contributed by atoms with Gasteiger partial charge in [0, 0.05) is 24.3 Å². The van der Waals surface area contributed by atoms with E-state index in [9.17, 15) is 4.79 Å². The van der Waals surface area contributed by atoms with Crippen molar-refractivity contribution in [3.63, 3.8) is 0 Å². The van der Waals surface area contributed by atoms with Crippen LogP contribution in [0.4, 0.5) is 5.69 Å². The standard InChI is InChI=1S/C17H19IN4O/c1-12-17(18)13(2)22(21-12)11-3-4-16(23)20-15-7-5-14(6-8-15)9-10-19/h5-8H,3-4,9,11H2,1-2H3,(H,20,23). The molecular weight excluding hydrogens is 403 g/mol. The number of aromatic nitrogens is 2. The summed E-state index contributed by atoms with van der Waals surface area (Å²) < 4.78 is 3.14. The molecule has 0 bridgehead atoms. The topological polar surface area (TPSA) is 70.7 Å². The van der Waals surface area contributed by atoms with Crippen molar-refractivity contribution in [1.82, 2.24) is 9.78 Å². The second-order valence-corrected chi connectivity index (χ2v) is 6.47. The molecule has 1 heterocycles. The lowest BCUT2D eigenvalue weighted by molar-refractivity contribution is -0.116. The van der Waals surface area contributed by atoms with E-state index in [1.807, 2.05) is 42.8 Å². The molecule has 120 valence electrons. The number of aryl methyl sites for hydroxylation is 2. The first-order chi connectivity index (χ1) is 11.0. The average molecular weight is 422 g/mol. The highest BCUT2D eigenvalue weighted by Gasteiger charge is 2.09. The smallest absolute Gasteiger partial charge is 0.224 e. The van der Waals surface area contributed by atoms with Gasteiger partial charge in [-0.2, -0.15) is 10.4 Å². The first kappa shape index (κ1) is 17.5. The van der Waals surface area contributed by atoms with Crippen LogP contribution in [0.5, 0.6) is 0 Å². The lowest BCUT2D eigenvalue weighted by Crippen LogP contribution is -2.13. The Kier molecular flexibility index (Phi) is 6.16. The fraction of sp³-hybridized carbons (Fsp3) is 0.353. The van der Waals surface area contributed by atoms with Crippen molar-refractivity contribution in [3.8, 4) is 6.07 Å². The highest BCUT2D eigenvalue weighted by molar-refractivity contribution is 14.1. The molecule has 0 radical (unpaired) electrons. The number of anilines is 1. The second kappa shape index (κ2) is 8.11. The minimum Gasteiger partial charge on any atom is -0.326 e. The maximum Gasteiger partial charge on any atom is 0.224 e. The van der Waals surface area contributed by atoms with Gasteiger partial charge in [-0.25, -0.2) is 0 Å². The van der Waals surface area contributed by atoms with Crippen LogP contribution >= 0.6 is 22.6 Å². The fourth-order valence-electron chi connectivity index (χ4n) is 2.30. The highest BCUT2D eigenvalue weighted by atomic mass is 127. The van der Waals surface area contributed by atoms with Gasteiger partial charge in [-0.15, -0.1) is 0 Å². The zero-order chi connectivity index (χ0) is 16.8. The summed E-state index contributed by atoms with van der Waals surface area (Å²) >= 11 is 2.30. The number of carbonyl (C=O) groups is 1. The third kappa shape index (κ3) is 4.79. The molecule has 1 amide bonds. The van der Waals surface area contributed by atoms with Crippen LogP contribution in [0.1, 0.15) is 29.8 Å². The van der Waals surface area contributed by atoms with Crippen molar-refractivity contribution in [3.05, 3.63) is 44.8 Å². The summed E-state index contributed by atoms with van der Waals surface area (Å²) in [4.78, 5) is 12.0. The summed E-state index contributed by atoms with van der Waals surface area (Å²) in [5.41, 5.74) is 3.89. The predicted molar refractivity (Wildman–Crippen MR) is 98.0 cm³/mol. The average Bonchev–Trinajstić information content (AvgIpc) is 2.77. The number of nitrogens with zero attached hydrogens (tertiary/aromatic N) is 3. The third-order valence-electron chi connectivity index (χ3n) is 3.59. The van der Waals surface area contributed by atoms with E-state index in [2.05, 4.69) is 39.1 Å². The highest BCUT2D eigenvalue weighted by Crippen LogP contribution is 2.16. The number of benzene rings is 1. The molecule has 0 aliphatic carbocycles. The SMILES string of the molecule is Cc1nn(CCCC(=O)Nc2ccc(CC#N)cc2)c(C)c1I. The maximum absolute atomic E-state index is 12.0. The molecule has 0 spiro atoms. The first-order valence-corrected chi connectivity index (χ1v) is 8.54. The molecule has 5 nitrogen and oxygen atoms in total. The number of halogens is 1. The monoisotopic (exact) mass is 422 g/mol. The van der Waals surface area contributed by atoms with Crippen LogP contribution in [0.15, 0.2) is 24.3 Å². The molecule has 0 saturated heterocycles. The Morgan fingerprint density at radius 3 is 2.61 bits per heavy atom. The molecule has 0 fully saturated rings. The van der Waals surface area contributed by atoms with Crippen LogP contribution in [0.25, 0.3) is 0 Å². The Labute approximate surface area is 149 Å². The van der Waals surface area contributed by atoms with Gasteiger partial charge in [0.1, 0.15) is 0 Å². The Morgan fingerprint density at radius 1 is 1.35 bits per heavy atom. The third-order valence-corrected chi connectivity index (χ3v) is 5.15. The summed E-state index contributed by atoms with van der Waals surface area (Å²) in [5.74, 6) is -0.00531. The van der Waals surface area contributed by atoms with Crippen molar-refractivity contribution in [2.75, 3.05) is 5.32 Å². The van der Waals surface area contributed by atoms with Crippen LogP contribution in [0.3, 0.4) is 0 Å². The quantitative estimate of drug-likeness (QED) is 0.724. The molecule has 2 rings (SSSR count). The predicted octanol–water partition coefficient (Wildman–Crippen LogP) is 3.59. The van der Waals surface area contributed by atoms with E-state index < -0.39 is 0 Å². The first-order valence-electron chi connectivity index (χ1n) is 7.46.